The van der Waals surface area contributed by atoms with Gasteiger partial charge in [-0.25, -0.2) is 4.39 Å². The second-order valence-electron chi connectivity index (χ2n) is 3.20. The second kappa shape index (κ2) is 4.69. The number of hydrogen-bond acceptors (Lipinski definition) is 3. The Hall–Kier alpha value is -1.30. The zero-order valence-electron chi connectivity index (χ0n) is 8.62. The van der Waals surface area contributed by atoms with E-state index in [4.69, 9.17) is 9.84 Å². The Bertz CT molecular complexity index is 433. The standard InChI is InChI=1S/C10H10BrFO4/c1-4(10(14)15)7-5(12)3-6(13)9(16-2)8(7)11/h3-4,13H,1-2H3,(H,14,15). The SMILES string of the molecule is COc1c(O)cc(F)c(C(C)C(=O)O)c1Br. The second-order valence-corrected chi connectivity index (χ2v) is 3.99. The lowest BCUT2D eigenvalue weighted by Crippen LogP contribution is -2.10. The van der Waals surface area contributed by atoms with E-state index in [2.05, 4.69) is 15.9 Å². The molecule has 0 radical (unpaired) electrons. The summed E-state index contributed by atoms with van der Waals surface area (Å²) in [5.41, 5.74) is -0.0536. The Morgan fingerprint density at radius 1 is 1.62 bits per heavy atom. The molecule has 0 spiro atoms. The number of aromatic hydroxyl groups is 1. The quantitative estimate of drug-likeness (QED) is 0.898. The lowest BCUT2D eigenvalue weighted by molar-refractivity contribution is -0.138. The molecule has 0 bridgehead atoms. The van der Waals surface area contributed by atoms with Gasteiger partial charge in [0.1, 0.15) is 5.82 Å². The molecule has 1 aromatic rings. The van der Waals surface area contributed by atoms with Gasteiger partial charge < -0.3 is 14.9 Å². The molecule has 0 aliphatic carbocycles. The van der Waals surface area contributed by atoms with E-state index in [1.165, 1.54) is 14.0 Å². The van der Waals surface area contributed by atoms with Crippen LogP contribution in [0.3, 0.4) is 0 Å². The molecule has 1 rings (SSSR count). The highest BCUT2D eigenvalue weighted by Crippen LogP contribution is 2.41. The van der Waals surface area contributed by atoms with E-state index < -0.39 is 17.7 Å². The number of phenols is 1. The molecule has 16 heavy (non-hydrogen) atoms. The van der Waals surface area contributed by atoms with E-state index in [-0.39, 0.29) is 21.5 Å². The van der Waals surface area contributed by atoms with Gasteiger partial charge in [-0.3, -0.25) is 4.79 Å². The summed E-state index contributed by atoms with van der Waals surface area (Å²) in [4.78, 5) is 10.8. The Morgan fingerprint density at radius 3 is 2.62 bits per heavy atom. The van der Waals surface area contributed by atoms with E-state index in [1.807, 2.05) is 0 Å². The van der Waals surface area contributed by atoms with Crippen molar-refractivity contribution in [3.05, 3.63) is 21.9 Å². The summed E-state index contributed by atoms with van der Waals surface area (Å²) in [6, 6.07) is 0.832. The normalized spacial score (nSPS) is 12.2. The van der Waals surface area contributed by atoms with Crippen molar-refractivity contribution in [1.82, 2.24) is 0 Å². The smallest absolute Gasteiger partial charge is 0.310 e. The third-order valence-corrected chi connectivity index (χ3v) is 2.98. The molecule has 0 heterocycles. The van der Waals surface area contributed by atoms with Gasteiger partial charge in [0.25, 0.3) is 0 Å². The molecule has 0 saturated heterocycles. The molecule has 0 aliphatic heterocycles. The first-order chi connectivity index (χ1) is 7.40. The van der Waals surface area contributed by atoms with Crippen LogP contribution < -0.4 is 4.74 Å². The van der Waals surface area contributed by atoms with Crippen molar-refractivity contribution in [2.45, 2.75) is 12.8 Å². The molecule has 0 aliphatic rings. The average Bonchev–Trinajstić information content (AvgIpc) is 2.17. The molecule has 0 saturated carbocycles. The monoisotopic (exact) mass is 292 g/mol. The van der Waals surface area contributed by atoms with Crippen molar-refractivity contribution in [1.29, 1.82) is 0 Å². The van der Waals surface area contributed by atoms with E-state index >= 15 is 0 Å². The van der Waals surface area contributed by atoms with Crippen molar-refractivity contribution >= 4 is 21.9 Å². The highest BCUT2D eigenvalue weighted by atomic mass is 79.9. The summed E-state index contributed by atoms with van der Waals surface area (Å²) < 4.78 is 18.5. The summed E-state index contributed by atoms with van der Waals surface area (Å²) in [6.45, 7) is 1.35. The van der Waals surface area contributed by atoms with Crippen LogP contribution in [0.15, 0.2) is 10.5 Å². The van der Waals surface area contributed by atoms with Crippen molar-refractivity contribution in [3.8, 4) is 11.5 Å². The van der Waals surface area contributed by atoms with Gasteiger partial charge >= 0.3 is 5.97 Å². The summed E-state index contributed by atoms with van der Waals surface area (Å²) >= 11 is 3.02. The Morgan fingerprint density at radius 2 is 2.19 bits per heavy atom. The predicted molar refractivity (Wildman–Crippen MR) is 58.4 cm³/mol. The maximum atomic E-state index is 13.5. The van der Waals surface area contributed by atoms with E-state index in [0.29, 0.717) is 0 Å². The minimum absolute atomic E-state index is 0.0181. The molecular formula is C10H10BrFO4. The first-order valence-corrected chi connectivity index (χ1v) is 5.17. The number of carboxylic acids is 1. The third kappa shape index (κ3) is 2.11. The highest BCUT2D eigenvalue weighted by Gasteiger charge is 2.25. The molecule has 88 valence electrons. The molecule has 6 heteroatoms. The fourth-order valence-corrected chi connectivity index (χ4v) is 2.22. The minimum atomic E-state index is -1.16. The number of aliphatic carboxylic acids is 1. The number of methoxy groups -OCH3 is 1. The molecule has 2 N–H and O–H groups in total. The number of ether oxygens (including phenoxy) is 1. The number of rotatable bonds is 3. The maximum absolute atomic E-state index is 13.5. The van der Waals surface area contributed by atoms with Crippen LogP contribution in [0.2, 0.25) is 0 Å². The lowest BCUT2D eigenvalue weighted by atomic mass is 10.00. The summed E-state index contributed by atoms with van der Waals surface area (Å²) in [5.74, 6) is -3.35. The summed E-state index contributed by atoms with van der Waals surface area (Å²) in [6.07, 6.45) is 0. The van der Waals surface area contributed by atoms with Crippen LogP contribution in [0.1, 0.15) is 18.4 Å². The summed E-state index contributed by atoms with van der Waals surface area (Å²) in [5, 5.41) is 18.2. The third-order valence-electron chi connectivity index (χ3n) is 2.20. The van der Waals surface area contributed by atoms with Crippen LogP contribution in [-0.4, -0.2) is 23.3 Å². The van der Waals surface area contributed by atoms with Gasteiger partial charge in [0.15, 0.2) is 11.5 Å². The number of halogens is 2. The van der Waals surface area contributed by atoms with Crippen molar-refractivity contribution < 1.29 is 24.1 Å². The van der Waals surface area contributed by atoms with Gasteiger partial charge in [0, 0.05) is 11.6 Å². The van der Waals surface area contributed by atoms with Crippen molar-refractivity contribution in [3.63, 3.8) is 0 Å². The van der Waals surface area contributed by atoms with E-state index in [0.717, 1.165) is 6.07 Å². The lowest BCUT2D eigenvalue weighted by Gasteiger charge is -2.14. The van der Waals surface area contributed by atoms with Gasteiger partial charge in [-0.1, -0.05) is 0 Å². The van der Waals surface area contributed by atoms with Crippen LogP contribution in [-0.2, 0) is 4.79 Å². The fourth-order valence-electron chi connectivity index (χ4n) is 1.32. The summed E-state index contributed by atoms with van der Waals surface area (Å²) in [7, 11) is 1.30. The number of benzene rings is 1. The highest BCUT2D eigenvalue weighted by molar-refractivity contribution is 9.10. The number of hydrogen-bond donors (Lipinski definition) is 2. The maximum Gasteiger partial charge on any atom is 0.310 e. The first kappa shape index (κ1) is 12.8. The number of carboxylic acid groups (broad SMARTS) is 1. The zero-order valence-corrected chi connectivity index (χ0v) is 10.2. The van der Waals surface area contributed by atoms with Gasteiger partial charge in [0.2, 0.25) is 0 Å². The minimum Gasteiger partial charge on any atom is -0.504 e. The number of phenolic OH excluding ortho intramolecular Hbond substituents is 1. The van der Waals surface area contributed by atoms with Crippen molar-refractivity contribution in [2.24, 2.45) is 0 Å². The molecule has 4 nitrogen and oxygen atoms in total. The van der Waals surface area contributed by atoms with Gasteiger partial charge in [-0.15, -0.1) is 0 Å². The van der Waals surface area contributed by atoms with E-state index in [9.17, 15) is 14.3 Å². The van der Waals surface area contributed by atoms with Crippen LogP contribution in [0.4, 0.5) is 4.39 Å². The number of carbonyl (C=O) groups is 1. The fraction of sp³-hybridized carbons (Fsp3) is 0.300. The van der Waals surface area contributed by atoms with Crippen LogP contribution in [0.25, 0.3) is 0 Å². The van der Waals surface area contributed by atoms with Crippen LogP contribution in [0.5, 0.6) is 11.5 Å². The molecule has 0 amide bonds. The Labute approximate surface area is 99.8 Å². The van der Waals surface area contributed by atoms with Crippen molar-refractivity contribution in [2.75, 3.05) is 7.11 Å². The van der Waals surface area contributed by atoms with Crippen LogP contribution >= 0.6 is 15.9 Å². The Kier molecular flexibility index (Phi) is 3.74. The van der Waals surface area contributed by atoms with Gasteiger partial charge in [-0.2, -0.15) is 0 Å². The molecule has 1 aromatic carbocycles. The molecule has 0 fully saturated rings. The molecule has 1 atom stereocenters. The van der Waals surface area contributed by atoms with Gasteiger partial charge in [0.05, 0.1) is 17.5 Å². The molecule has 1 unspecified atom stereocenters. The molecule has 0 aromatic heterocycles. The van der Waals surface area contributed by atoms with E-state index in [1.54, 1.807) is 0 Å². The van der Waals surface area contributed by atoms with Crippen LogP contribution in [0, 0.1) is 5.82 Å². The largest absolute Gasteiger partial charge is 0.504 e. The average molecular weight is 293 g/mol. The topological polar surface area (TPSA) is 66.8 Å². The zero-order chi connectivity index (χ0) is 12.5. The predicted octanol–water partition coefficient (Wildman–Crippen LogP) is 2.49. The molecular weight excluding hydrogens is 283 g/mol. The Balaban J connectivity index is 3.45. The van der Waals surface area contributed by atoms with Gasteiger partial charge in [-0.05, 0) is 22.9 Å². The first-order valence-electron chi connectivity index (χ1n) is 4.37.